The lowest BCUT2D eigenvalue weighted by molar-refractivity contribution is -0.140. The molecule has 4 aliphatic heterocycles. The standard InChI is InChI=1S/C30H26Cl2F2N2O5S.C27H26Cl2N8O4.C26H23Cl2N5O6/c1-42(2,41)19-6-3-5-17(13-19)14-25(30(39)40)35-29(38)27-22(31)15-18-16-36(12-11-20(18)28(27)32)26(37)10-9-21-23(33)7-4-8-24(21)34;28-19-11-16-14-36(25(39)20-12-17-5-1-2-9-37(17)34-20)10-6-18(16)23(29)22(19)24(38)33-21(26(40)41)13-31-27(32-15-30)35-7-3-4-8-35;1-13(34)19-11-33(31-30-19)12-20(26(37)38)29-24(35)22-18(27)8-16-10-32(6-4-17(16)23(22)28)25(36)15-3-2-14-5-7-39-21(14)9-15/h3-10,13,15,25H,1,11-12,14,16H2,2H3,(H,35,38)(H,39,40);1-2,5,9,11-12,21H,3-4,6-8,10,13-14H2,(H,31,32)(H,33,38)(H,40,41);2-3,5,7-9,11,13,20,34H,4,6,10,12H2,1H3,(H,29,35)(H,37,38)/b10-9+;;/t25-,42?;21-;13-,20-/m000/s1. The number of carbonyl (C=O) groups excluding carboxylic acids is 6. The van der Waals surface area contributed by atoms with Crippen molar-refractivity contribution in [2.24, 2.45) is 4.99 Å². The Morgan fingerprint density at radius 2 is 1.20 bits per heavy atom. The summed E-state index contributed by atoms with van der Waals surface area (Å²) in [7, 11) is -2.52. The van der Waals surface area contributed by atoms with Gasteiger partial charge < -0.3 is 60.4 Å². The molecule has 8 N–H and O–H groups in total. The molecule has 5 atom stereocenters. The minimum absolute atomic E-state index is 0.0313. The normalized spacial score (nSPS) is 15.2. The first-order chi connectivity index (χ1) is 58.1. The van der Waals surface area contributed by atoms with E-state index in [1.807, 2.05) is 41.4 Å². The van der Waals surface area contributed by atoms with Crippen LogP contribution in [0.3, 0.4) is 0 Å². The summed E-state index contributed by atoms with van der Waals surface area (Å²) in [5, 5.41) is 70.8. The van der Waals surface area contributed by atoms with Crippen LogP contribution in [0.15, 0.2) is 148 Å². The number of nitrogens with zero attached hydrogens (tertiary/aromatic N) is 11. The number of nitrogens with one attached hydrogen (secondary N) is 4. The van der Waals surface area contributed by atoms with Crippen molar-refractivity contribution in [3.63, 3.8) is 0 Å². The highest BCUT2D eigenvalue weighted by atomic mass is 35.5. The summed E-state index contributed by atoms with van der Waals surface area (Å²) >= 11 is 39.2. The molecule has 1 saturated heterocycles. The molecule has 6 amide bonds. The zero-order valence-corrected chi connectivity index (χ0v) is 70.1. The fraction of sp³-hybridized carbons (Fsp3) is 0.265. The summed E-state index contributed by atoms with van der Waals surface area (Å²) in [6.07, 6.45) is 12.1. The molecule has 8 heterocycles. The van der Waals surface area contributed by atoms with Gasteiger partial charge in [0.05, 0.1) is 84.0 Å². The highest BCUT2D eigenvalue weighted by Crippen LogP contribution is 2.39. The fourth-order valence-electron chi connectivity index (χ4n) is 14.1. The number of aliphatic imine (C=N–C) groups is 1. The van der Waals surface area contributed by atoms with Crippen LogP contribution < -0.4 is 21.3 Å². The molecule has 39 heteroatoms. The van der Waals surface area contributed by atoms with Crippen LogP contribution in [-0.2, 0) is 80.6 Å². The number of aromatic nitrogens is 5. The quantitative estimate of drug-likeness (QED) is 0.00827. The Morgan fingerprint density at radius 3 is 1.74 bits per heavy atom. The van der Waals surface area contributed by atoms with Crippen LogP contribution in [0.25, 0.3) is 22.6 Å². The monoisotopic (exact) mass is 1800 g/mol. The summed E-state index contributed by atoms with van der Waals surface area (Å²) in [6.45, 7) is 3.81. The molecule has 6 aromatic carbocycles. The molecule has 10 aromatic rings. The summed E-state index contributed by atoms with van der Waals surface area (Å²) in [5.74, 6) is -4.79. The third-order valence-corrected chi connectivity index (χ3v) is 23.9. The van der Waals surface area contributed by atoms with E-state index in [2.05, 4.69) is 47.5 Å². The molecular weight excluding hydrogens is 1730 g/mol. The van der Waals surface area contributed by atoms with E-state index in [0.29, 0.717) is 99.7 Å². The lowest BCUT2D eigenvalue weighted by Gasteiger charge is -2.30. The van der Waals surface area contributed by atoms with Gasteiger partial charge in [0.1, 0.15) is 41.0 Å². The van der Waals surface area contributed by atoms with E-state index >= 15 is 0 Å². The SMILES string of the molecule is C=S(C)(=O)c1cccc(C[C@H](NC(=O)c2c(Cl)cc3c(c2Cl)CCN(C(=O)/C=C/c2c(F)cccc2F)C3)C(=O)O)c1.C[C@H](O)c1cn(C[C@H](NC(=O)c2c(Cl)cc3c(c2Cl)CCN(C(=O)c2ccc4ccoc4c2)C3)C(=O)O)nn1.N#CNC(=NC[C@H](NC(=O)c1c(Cl)cc2c(c1Cl)CCN(C(=O)c1cc3ccccn3n1)C2)C(=O)O)N1CCCC1. The maximum Gasteiger partial charge on any atom is 0.328 e. The van der Waals surface area contributed by atoms with Crippen molar-refractivity contribution in [2.75, 3.05) is 45.5 Å². The second-order valence-electron chi connectivity index (χ2n) is 28.8. The number of fused-ring (bicyclic) bond motifs is 5. The van der Waals surface area contributed by atoms with Crippen LogP contribution in [0.5, 0.6) is 0 Å². The molecule has 1 unspecified atom stereocenters. The van der Waals surface area contributed by atoms with Crippen LogP contribution in [-0.4, -0.2) is 198 Å². The Morgan fingerprint density at radius 1 is 0.656 bits per heavy atom. The molecule has 122 heavy (non-hydrogen) atoms. The van der Waals surface area contributed by atoms with Crippen LogP contribution in [0, 0.1) is 23.1 Å². The first-order valence-corrected chi connectivity index (χ1v) is 42.0. The number of nitriles is 1. The number of carboxylic acid groups (broad SMARTS) is 3. The number of carboxylic acids is 3. The van der Waals surface area contributed by atoms with E-state index < -0.39 is 86.9 Å². The second kappa shape index (κ2) is 38.8. The number of carbonyl (C=O) groups is 9. The highest BCUT2D eigenvalue weighted by molar-refractivity contribution is 7.99. The largest absolute Gasteiger partial charge is 0.480 e. The molecule has 634 valence electrons. The van der Waals surface area contributed by atoms with Gasteiger partial charge in [-0.05, 0) is 178 Å². The molecule has 0 saturated carbocycles. The number of halogens is 8. The van der Waals surface area contributed by atoms with Gasteiger partial charge in [-0.25, -0.2) is 37.4 Å². The van der Waals surface area contributed by atoms with Crippen LogP contribution in [0.4, 0.5) is 8.78 Å². The van der Waals surface area contributed by atoms with E-state index in [1.54, 1.807) is 81.4 Å². The van der Waals surface area contributed by atoms with E-state index in [0.717, 1.165) is 48.0 Å². The molecule has 0 radical (unpaired) electrons. The molecule has 0 spiro atoms. The minimum atomic E-state index is -2.52. The Balaban J connectivity index is 0.000000167. The number of hydrogen-bond donors (Lipinski definition) is 8. The number of benzene rings is 6. The third kappa shape index (κ3) is 20.8. The summed E-state index contributed by atoms with van der Waals surface area (Å²) in [5.41, 5.74) is 6.38. The maximum atomic E-state index is 13.9. The summed E-state index contributed by atoms with van der Waals surface area (Å²) in [4.78, 5) is 126. The number of pyridine rings is 1. The van der Waals surface area contributed by atoms with Crippen LogP contribution in [0.2, 0.25) is 30.1 Å². The number of aliphatic carboxylic acids is 3. The Bertz CT molecular complexity index is 6020. The van der Waals surface area contributed by atoms with Gasteiger partial charge in [0.2, 0.25) is 11.9 Å². The van der Waals surface area contributed by atoms with E-state index in [1.165, 1.54) is 41.1 Å². The molecule has 4 aromatic heterocycles. The molecule has 0 aliphatic carbocycles. The first-order valence-electron chi connectivity index (χ1n) is 37.6. The fourth-order valence-corrected chi connectivity index (χ4v) is 17.2. The van der Waals surface area contributed by atoms with Crippen molar-refractivity contribution in [1.29, 1.82) is 5.26 Å². The number of hydrogen-bond acceptors (Lipinski definition) is 17. The van der Waals surface area contributed by atoms with Crippen molar-refractivity contribution in [2.45, 2.75) is 101 Å². The molecular formula is C83H75Cl6F2N15O15S. The van der Waals surface area contributed by atoms with Gasteiger partial charge in [0, 0.05) is 98.7 Å². The van der Waals surface area contributed by atoms with E-state index in [4.69, 9.17) is 79.3 Å². The van der Waals surface area contributed by atoms with Crippen molar-refractivity contribution in [1.82, 2.24) is 65.5 Å². The lowest BCUT2D eigenvalue weighted by atomic mass is 9.96. The van der Waals surface area contributed by atoms with Crippen molar-refractivity contribution < 1.29 is 81.0 Å². The predicted molar refractivity (Wildman–Crippen MR) is 451 cm³/mol. The molecule has 1 fully saturated rings. The number of rotatable bonds is 21. The highest BCUT2D eigenvalue weighted by Gasteiger charge is 2.35. The molecule has 14 rings (SSSR count). The number of aliphatic hydroxyl groups is 1. The van der Waals surface area contributed by atoms with Gasteiger partial charge in [-0.15, -0.1) is 5.10 Å². The average molecular weight is 1810 g/mol. The van der Waals surface area contributed by atoms with E-state index in [-0.39, 0.29) is 128 Å². The number of aliphatic hydroxyl groups excluding tert-OH is 1. The number of likely N-dealkylation sites (tertiary alicyclic amines) is 1. The smallest absolute Gasteiger partial charge is 0.328 e. The Labute approximate surface area is 725 Å². The van der Waals surface area contributed by atoms with Crippen molar-refractivity contribution in [3.8, 4) is 6.19 Å². The Hall–Kier alpha value is -12.0. The zero-order valence-electron chi connectivity index (χ0n) is 64.7. The number of guanidine groups is 1. The summed E-state index contributed by atoms with van der Waals surface area (Å²) in [6, 6.07) is 24.8. The van der Waals surface area contributed by atoms with Crippen molar-refractivity contribution >= 4 is 167 Å². The average Bonchev–Trinajstić information content (AvgIpc) is 0.821. The minimum Gasteiger partial charge on any atom is -0.480 e. The maximum absolute atomic E-state index is 13.9. The van der Waals surface area contributed by atoms with Crippen LogP contribution >= 0.6 is 69.6 Å². The summed E-state index contributed by atoms with van der Waals surface area (Å²) < 4.78 is 48.4. The topological polar surface area (TPSA) is 410 Å². The van der Waals surface area contributed by atoms with Crippen molar-refractivity contribution in [3.05, 3.63) is 254 Å². The molecule has 0 bridgehead atoms. The second-order valence-corrected chi connectivity index (χ2v) is 33.7. The number of amides is 6. The molecule has 4 aliphatic rings. The number of furan rings is 1. The van der Waals surface area contributed by atoms with Crippen LogP contribution in [0.1, 0.15) is 128 Å². The molecule has 30 nitrogen and oxygen atoms in total. The Kier molecular flexibility index (Phi) is 28.4. The first kappa shape index (κ1) is 89.3. The van der Waals surface area contributed by atoms with Gasteiger partial charge in [-0.2, -0.15) is 10.4 Å². The lowest BCUT2D eigenvalue weighted by Crippen LogP contribution is -2.45. The van der Waals surface area contributed by atoms with Gasteiger partial charge in [-0.3, -0.25) is 38.3 Å². The zero-order chi connectivity index (χ0) is 87.7. The van der Waals surface area contributed by atoms with Gasteiger partial charge in [0.15, 0.2) is 11.9 Å². The van der Waals surface area contributed by atoms with Gasteiger partial charge in [0.25, 0.3) is 29.5 Å². The third-order valence-electron chi connectivity index (χ3n) is 20.5. The van der Waals surface area contributed by atoms with Gasteiger partial charge in [-0.1, -0.05) is 105 Å². The van der Waals surface area contributed by atoms with Gasteiger partial charge >= 0.3 is 17.9 Å². The predicted octanol–water partition coefficient (Wildman–Crippen LogP) is 11.0. The van der Waals surface area contributed by atoms with E-state index in [9.17, 15) is 76.6 Å².